The number of rotatable bonds is 0. The Hall–Kier alpha value is 0.280. The second-order valence-corrected chi connectivity index (χ2v) is 4.08. The number of phenols is 2. The lowest BCUT2D eigenvalue weighted by atomic mass is 10.3. The maximum Gasteiger partial charge on any atom is 0.133 e. The quantitative estimate of drug-likeness (QED) is 0.696. The van der Waals surface area contributed by atoms with E-state index in [1.54, 1.807) is 12.1 Å². The van der Waals surface area contributed by atoms with E-state index in [1.807, 2.05) is 45.2 Å². The fourth-order valence-corrected chi connectivity index (χ4v) is 1.46. The van der Waals surface area contributed by atoms with Crippen LogP contribution in [0.4, 0.5) is 0 Å². The predicted octanol–water partition coefficient (Wildman–Crippen LogP) is 2.31. The summed E-state index contributed by atoms with van der Waals surface area (Å²) >= 11 is 3.91. The first-order valence-electron chi connectivity index (χ1n) is 2.48. The van der Waals surface area contributed by atoms with Gasteiger partial charge in [0.2, 0.25) is 0 Å². The van der Waals surface area contributed by atoms with Gasteiger partial charge in [-0.3, -0.25) is 0 Å². The van der Waals surface area contributed by atoms with Crippen molar-refractivity contribution in [2.75, 3.05) is 0 Å². The van der Waals surface area contributed by atoms with Gasteiger partial charge in [-0.05, 0) is 57.3 Å². The maximum absolute atomic E-state index is 9.11. The van der Waals surface area contributed by atoms with Crippen LogP contribution in [0.2, 0.25) is 0 Å². The number of hydrogen-bond acceptors (Lipinski definition) is 2. The summed E-state index contributed by atoms with van der Waals surface area (Å²) < 4.78 is 1.33. The van der Waals surface area contributed by atoms with Crippen LogP contribution in [-0.4, -0.2) is 10.2 Å². The van der Waals surface area contributed by atoms with E-state index in [0.717, 1.165) is 3.57 Å². The van der Waals surface area contributed by atoms with E-state index in [4.69, 9.17) is 10.2 Å². The van der Waals surface area contributed by atoms with E-state index in [1.165, 1.54) is 0 Å². The summed E-state index contributed by atoms with van der Waals surface area (Å²) in [6, 6.07) is 3.20. The van der Waals surface area contributed by atoms with Crippen LogP contribution in [-0.2, 0) is 0 Å². The lowest BCUT2D eigenvalue weighted by molar-refractivity contribution is 0.443. The van der Waals surface area contributed by atoms with Gasteiger partial charge in [0.15, 0.2) is 0 Å². The van der Waals surface area contributed by atoms with E-state index in [0.29, 0.717) is 3.57 Å². The van der Waals surface area contributed by atoms with Crippen molar-refractivity contribution in [3.63, 3.8) is 0 Å². The van der Waals surface area contributed by atoms with E-state index in [2.05, 4.69) is 0 Å². The SMILES string of the molecule is Oc1cc(I)cc(O)c1I. The second-order valence-electron chi connectivity index (χ2n) is 1.76. The standard InChI is InChI=1S/C6H4I2O2/c7-3-1-4(9)6(8)5(10)2-3/h1-2,9-10H. The van der Waals surface area contributed by atoms with Crippen molar-refractivity contribution in [1.82, 2.24) is 0 Å². The van der Waals surface area contributed by atoms with Crippen molar-refractivity contribution in [3.05, 3.63) is 19.3 Å². The van der Waals surface area contributed by atoms with Crippen LogP contribution in [0.3, 0.4) is 0 Å². The first-order chi connectivity index (χ1) is 4.61. The molecule has 0 bridgehead atoms. The van der Waals surface area contributed by atoms with Gasteiger partial charge < -0.3 is 10.2 Å². The van der Waals surface area contributed by atoms with Gasteiger partial charge in [0.05, 0.1) is 3.57 Å². The summed E-state index contributed by atoms with van der Waals surface area (Å²) in [5.74, 6) is 0.259. The Morgan fingerprint density at radius 3 is 1.80 bits per heavy atom. The molecule has 0 saturated carbocycles. The molecule has 0 spiro atoms. The van der Waals surface area contributed by atoms with Crippen LogP contribution in [0, 0.1) is 7.14 Å². The van der Waals surface area contributed by atoms with Crippen molar-refractivity contribution >= 4 is 45.2 Å². The van der Waals surface area contributed by atoms with E-state index < -0.39 is 0 Å². The zero-order valence-corrected chi connectivity index (χ0v) is 9.12. The number of hydrogen-bond donors (Lipinski definition) is 2. The molecule has 1 rings (SSSR count). The van der Waals surface area contributed by atoms with Gasteiger partial charge >= 0.3 is 0 Å². The van der Waals surface area contributed by atoms with E-state index in [-0.39, 0.29) is 11.5 Å². The molecule has 0 aromatic heterocycles. The minimum atomic E-state index is 0.130. The summed E-state index contributed by atoms with van der Waals surface area (Å²) in [6.45, 7) is 0. The molecule has 0 fully saturated rings. The monoisotopic (exact) mass is 362 g/mol. The topological polar surface area (TPSA) is 40.5 Å². The van der Waals surface area contributed by atoms with Crippen LogP contribution < -0.4 is 0 Å². The van der Waals surface area contributed by atoms with Gasteiger partial charge in [-0.25, -0.2) is 0 Å². The molecule has 0 aliphatic carbocycles. The third-order valence-corrected chi connectivity index (χ3v) is 2.73. The van der Waals surface area contributed by atoms with Crippen molar-refractivity contribution in [3.8, 4) is 11.5 Å². The highest BCUT2D eigenvalue weighted by molar-refractivity contribution is 14.1. The molecule has 0 unspecified atom stereocenters. The number of halogens is 2. The Morgan fingerprint density at radius 2 is 1.40 bits per heavy atom. The molecule has 0 aliphatic heterocycles. The van der Waals surface area contributed by atoms with Crippen molar-refractivity contribution in [2.45, 2.75) is 0 Å². The van der Waals surface area contributed by atoms with Gasteiger partial charge in [-0.2, -0.15) is 0 Å². The minimum absolute atomic E-state index is 0.130. The molecule has 0 radical (unpaired) electrons. The molecule has 0 amide bonds. The van der Waals surface area contributed by atoms with Gasteiger partial charge in [-0.1, -0.05) is 0 Å². The second kappa shape index (κ2) is 3.12. The van der Waals surface area contributed by atoms with Crippen molar-refractivity contribution in [2.24, 2.45) is 0 Å². The smallest absolute Gasteiger partial charge is 0.133 e. The molecule has 54 valence electrons. The summed E-state index contributed by atoms with van der Waals surface area (Å²) in [7, 11) is 0. The zero-order valence-electron chi connectivity index (χ0n) is 4.81. The van der Waals surface area contributed by atoms with Crippen LogP contribution in [0.1, 0.15) is 0 Å². The van der Waals surface area contributed by atoms with Gasteiger partial charge in [0.25, 0.3) is 0 Å². The molecule has 2 nitrogen and oxygen atoms in total. The highest BCUT2D eigenvalue weighted by atomic mass is 127. The molecule has 0 atom stereocenters. The number of benzene rings is 1. The minimum Gasteiger partial charge on any atom is -0.507 e. The highest BCUT2D eigenvalue weighted by Crippen LogP contribution is 2.30. The zero-order chi connectivity index (χ0) is 7.72. The Morgan fingerprint density at radius 1 is 1.00 bits per heavy atom. The summed E-state index contributed by atoms with van der Waals surface area (Å²) in [5.41, 5.74) is 0. The Bertz CT molecular complexity index is 237. The lowest BCUT2D eigenvalue weighted by Gasteiger charge is -1.99. The first kappa shape index (κ1) is 8.38. The third kappa shape index (κ3) is 1.66. The molecule has 0 saturated heterocycles. The molecule has 0 aliphatic rings. The van der Waals surface area contributed by atoms with Crippen LogP contribution >= 0.6 is 45.2 Å². The van der Waals surface area contributed by atoms with E-state index in [9.17, 15) is 0 Å². The number of phenolic OH excluding ortho intramolecular Hbond substituents is 2. The third-order valence-electron chi connectivity index (χ3n) is 0.999. The molecule has 2 N–H and O–H groups in total. The summed E-state index contributed by atoms with van der Waals surface area (Å²) in [6.07, 6.45) is 0. The average Bonchev–Trinajstić information content (AvgIpc) is 1.82. The van der Waals surface area contributed by atoms with Crippen molar-refractivity contribution in [1.29, 1.82) is 0 Å². The van der Waals surface area contributed by atoms with Gasteiger partial charge in [-0.15, -0.1) is 0 Å². The Kier molecular flexibility index (Phi) is 2.61. The lowest BCUT2D eigenvalue weighted by Crippen LogP contribution is -1.77. The molecule has 0 heterocycles. The fraction of sp³-hybridized carbons (Fsp3) is 0. The van der Waals surface area contributed by atoms with Gasteiger partial charge in [0, 0.05) is 3.57 Å². The molecule has 1 aromatic carbocycles. The van der Waals surface area contributed by atoms with Crippen LogP contribution in [0.5, 0.6) is 11.5 Å². The van der Waals surface area contributed by atoms with Crippen LogP contribution in [0.15, 0.2) is 12.1 Å². The first-order valence-corrected chi connectivity index (χ1v) is 4.64. The molecule has 4 heteroatoms. The Balaban J connectivity index is 3.31. The van der Waals surface area contributed by atoms with Crippen LogP contribution in [0.25, 0.3) is 0 Å². The highest BCUT2D eigenvalue weighted by Gasteiger charge is 2.03. The summed E-state index contributed by atoms with van der Waals surface area (Å²) in [5, 5.41) is 18.2. The normalized spacial score (nSPS) is 9.80. The van der Waals surface area contributed by atoms with Gasteiger partial charge in [0.1, 0.15) is 11.5 Å². The number of aromatic hydroxyl groups is 2. The van der Waals surface area contributed by atoms with E-state index >= 15 is 0 Å². The maximum atomic E-state index is 9.11. The fourth-order valence-electron chi connectivity index (χ4n) is 0.561. The van der Waals surface area contributed by atoms with Crippen molar-refractivity contribution < 1.29 is 10.2 Å². The Labute approximate surface area is 85.5 Å². The summed E-state index contributed by atoms with van der Waals surface area (Å²) in [4.78, 5) is 0. The largest absolute Gasteiger partial charge is 0.507 e. The average molecular weight is 362 g/mol. The predicted molar refractivity (Wildman–Crippen MR) is 55.2 cm³/mol. The molecule has 10 heavy (non-hydrogen) atoms. The molecular formula is C6H4I2O2. The molecule has 1 aromatic rings. The molecular weight excluding hydrogens is 358 g/mol.